The van der Waals surface area contributed by atoms with Crippen LogP contribution in [-0.4, -0.2) is 48.7 Å². The number of nitrogen functional groups attached to an aromatic ring is 1. The number of amides is 1. The fourth-order valence-electron chi connectivity index (χ4n) is 3.87. The van der Waals surface area contributed by atoms with Crippen LogP contribution in [0.2, 0.25) is 0 Å². The highest BCUT2D eigenvalue weighted by Gasteiger charge is 2.62. The zero-order valence-corrected chi connectivity index (χ0v) is 16.4. The van der Waals surface area contributed by atoms with Crippen LogP contribution in [-0.2, 0) is 15.7 Å². The Morgan fingerprint density at radius 1 is 1.39 bits per heavy atom. The topological polar surface area (TPSA) is 130 Å². The number of rotatable bonds is 1. The molecule has 3 heterocycles. The van der Waals surface area contributed by atoms with Crippen molar-refractivity contribution in [1.29, 1.82) is 0 Å². The van der Waals surface area contributed by atoms with Crippen LogP contribution < -0.4 is 15.8 Å². The molecule has 1 saturated heterocycles. The van der Waals surface area contributed by atoms with Gasteiger partial charge in [0.15, 0.2) is 0 Å². The summed E-state index contributed by atoms with van der Waals surface area (Å²) >= 11 is 0. The highest BCUT2D eigenvalue weighted by molar-refractivity contribution is 8.04. The molecule has 1 aromatic rings. The van der Waals surface area contributed by atoms with Crippen LogP contribution in [0.3, 0.4) is 0 Å². The molecule has 2 atom stereocenters. The number of amidine groups is 1. The highest BCUT2D eigenvalue weighted by Crippen LogP contribution is 2.50. The van der Waals surface area contributed by atoms with Gasteiger partial charge in [0.1, 0.15) is 28.7 Å². The standard InChI is InChI=1S/C16H22F3N5O3S/c1-14(2)12(23-13(25)26)24-15(3,11-8(17)4-5-10(20)22-11)9-6-16(18,19)7-21-28(9,14)27/h4-5,9,28H,6-7H2,1-3H3,(H2,20,22)(H,21,27)(H,23,24)(H,25,26)/t9-,15+/m1/s1. The van der Waals surface area contributed by atoms with Crippen molar-refractivity contribution in [3.05, 3.63) is 23.6 Å². The summed E-state index contributed by atoms with van der Waals surface area (Å²) in [7, 11) is -3.77. The summed E-state index contributed by atoms with van der Waals surface area (Å²) < 4.78 is 58.2. The summed E-state index contributed by atoms with van der Waals surface area (Å²) in [5.74, 6) is -4.37. The number of carbonyl (C=O) groups is 1. The first-order valence-electron chi connectivity index (χ1n) is 8.48. The van der Waals surface area contributed by atoms with Gasteiger partial charge < -0.3 is 10.8 Å². The normalized spacial score (nSPS) is 31.2. The maximum Gasteiger partial charge on any atom is 0.410 e. The molecule has 0 aliphatic carbocycles. The molecule has 3 rings (SSSR count). The number of aromatic nitrogens is 1. The summed E-state index contributed by atoms with van der Waals surface area (Å²) in [5, 5.41) is 9.93. The van der Waals surface area contributed by atoms with Gasteiger partial charge in [0.25, 0.3) is 5.92 Å². The molecule has 2 aliphatic heterocycles. The van der Waals surface area contributed by atoms with Crippen molar-refractivity contribution in [3.8, 4) is 0 Å². The summed E-state index contributed by atoms with van der Waals surface area (Å²) in [6.45, 7) is 3.38. The first-order chi connectivity index (χ1) is 12.7. The second-order valence-electron chi connectivity index (χ2n) is 7.73. The van der Waals surface area contributed by atoms with Crippen molar-refractivity contribution in [1.82, 2.24) is 15.0 Å². The van der Waals surface area contributed by atoms with E-state index in [0.29, 0.717) is 0 Å². The van der Waals surface area contributed by atoms with E-state index in [1.165, 1.54) is 26.8 Å². The first-order valence-corrected chi connectivity index (χ1v) is 10.3. The van der Waals surface area contributed by atoms with Crippen LogP contribution in [0.15, 0.2) is 17.1 Å². The van der Waals surface area contributed by atoms with Crippen molar-refractivity contribution in [2.75, 3.05) is 12.3 Å². The SMILES string of the molecule is CC1(C)C(NC(=O)O)=N[C@](C)(c2nc(N)ccc2F)[C@H]2CC(F)(F)CN[SH]21=O. The number of fused-ring (bicyclic) bond motifs is 1. The number of nitrogens with one attached hydrogen (secondary N) is 2. The third kappa shape index (κ3) is 2.94. The van der Waals surface area contributed by atoms with Crippen molar-refractivity contribution < 1.29 is 27.3 Å². The number of pyridine rings is 1. The van der Waals surface area contributed by atoms with Gasteiger partial charge in [0.2, 0.25) is 0 Å². The lowest BCUT2D eigenvalue weighted by Gasteiger charge is -2.56. The van der Waals surface area contributed by atoms with Crippen LogP contribution in [0.4, 0.5) is 23.8 Å². The van der Waals surface area contributed by atoms with Crippen LogP contribution in [0, 0.1) is 5.82 Å². The van der Waals surface area contributed by atoms with Crippen molar-refractivity contribution in [2.45, 2.75) is 48.7 Å². The van der Waals surface area contributed by atoms with Gasteiger partial charge in [-0.3, -0.25) is 19.2 Å². The molecule has 1 aromatic heterocycles. The number of anilines is 1. The van der Waals surface area contributed by atoms with E-state index in [-0.39, 0.29) is 17.3 Å². The fourth-order valence-corrected chi connectivity index (χ4v) is 7.57. The quantitative estimate of drug-likeness (QED) is 0.438. The lowest BCUT2D eigenvalue weighted by Crippen LogP contribution is -2.73. The number of alkyl halides is 2. The van der Waals surface area contributed by atoms with E-state index < -0.39 is 56.5 Å². The van der Waals surface area contributed by atoms with Crippen LogP contribution in [0.5, 0.6) is 0 Å². The molecular weight excluding hydrogens is 399 g/mol. The van der Waals surface area contributed by atoms with Gasteiger partial charge in [0.05, 0.1) is 16.5 Å². The zero-order chi connectivity index (χ0) is 21.1. The van der Waals surface area contributed by atoms with Gasteiger partial charge in [-0.1, -0.05) is 0 Å². The minimum atomic E-state index is -3.77. The molecule has 1 fully saturated rings. The second kappa shape index (κ2) is 6.14. The van der Waals surface area contributed by atoms with E-state index in [2.05, 4.69) is 20.0 Å². The minimum absolute atomic E-state index is 0.0734. The average molecular weight is 421 g/mol. The van der Waals surface area contributed by atoms with Crippen molar-refractivity contribution >= 4 is 27.9 Å². The molecule has 0 spiro atoms. The molecule has 2 aliphatic rings. The number of hydrogen-bond donors (Lipinski definition) is 5. The highest BCUT2D eigenvalue weighted by atomic mass is 32.3. The van der Waals surface area contributed by atoms with Crippen molar-refractivity contribution in [2.24, 2.45) is 4.99 Å². The zero-order valence-electron chi connectivity index (χ0n) is 15.5. The fraction of sp³-hybridized carbons (Fsp3) is 0.562. The van der Waals surface area contributed by atoms with Gasteiger partial charge in [-0.05, 0) is 43.0 Å². The molecule has 0 radical (unpaired) electrons. The summed E-state index contributed by atoms with van der Waals surface area (Å²) in [6.07, 6.45) is -2.29. The number of thiol groups is 1. The number of nitrogens with zero attached hydrogens (tertiary/aromatic N) is 2. The van der Waals surface area contributed by atoms with E-state index in [0.717, 1.165) is 6.07 Å². The Labute approximate surface area is 160 Å². The van der Waals surface area contributed by atoms with Crippen molar-refractivity contribution in [3.63, 3.8) is 0 Å². The predicted octanol–water partition coefficient (Wildman–Crippen LogP) is 1.41. The lowest BCUT2D eigenvalue weighted by atomic mass is 9.88. The van der Waals surface area contributed by atoms with Gasteiger partial charge in [0, 0.05) is 6.42 Å². The lowest BCUT2D eigenvalue weighted by molar-refractivity contribution is -0.0139. The van der Waals surface area contributed by atoms with Gasteiger partial charge >= 0.3 is 6.09 Å². The molecule has 0 unspecified atom stereocenters. The monoisotopic (exact) mass is 421 g/mol. The molecule has 12 heteroatoms. The van der Waals surface area contributed by atoms with E-state index in [9.17, 15) is 22.2 Å². The maximum atomic E-state index is 14.6. The summed E-state index contributed by atoms with van der Waals surface area (Å²) in [6, 6.07) is 2.21. The Bertz CT molecular complexity index is 923. The first kappa shape index (κ1) is 20.5. The smallest absolute Gasteiger partial charge is 0.410 e. The number of hydrogen-bond acceptors (Lipinski definition) is 5. The van der Waals surface area contributed by atoms with Gasteiger partial charge in [-0.15, -0.1) is 0 Å². The molecule has 28 heavy (non-hydrogen) atoms. The molecule has 5 N–H and O–H groups in total. The van der Waals surface area contributed by atoms with Gasteiger partial charge in [-0.2, -0.15) is 0 Å². The van der Waals surface area contributed by atoms with Crippen LogP contribution in [0.25, 0.3) is 0 Å². The largest absolute Gasteiger partial charge is 0.465 e. The Balaban J connectivity index is 2.32. The number of aliphatic imine (C=N–C) groups is 1. The third-order valence-corrected chi connectivity index (χ3v) is 9.54. The van der Waals surface area contributed by atoms with E-state index in [4.69, 9.17) is 10.8 Å². The molecule has 0 saturated carbocycles. The van der Waals surface area contributed by atoms with Crippen LogP contribution >= 0.6 is 0 Å². The summed E-state index contributed by atoms with van der Waals surface area (Å²) in [5.41, 5.74) is 3.45. The minimum Gasteiger partial charge on any atom is -0.465 e. The summed E-state index contributed by atoms with van der Waals surface area (Å²) in [4.78, 5) is 19.5. The molecule has 156 valence electrons. The Morgan fingerprint density at radius 2 is 2.04 bits per heavy atom. The Kier molecular flexibility index (Phi) is 4.50. The molecule has 8 nitrogen and oxygen atoms in total. The number of carboxylic acid groups (broad SMARTS) is 1. The predicted molar refractivity (Wildman–Crippen MR) is 99.5 cm³/mol. The molecule has 1 amide bonds. The maximum absolute atomic E-state index is 14.6. The third-order valence-electron chi connectivity index (χ3n) is 5.48. The second-order valence-corrected chi connectivity index (χ2v) is 11.1. The van der Waals surface area contributed by atoms with E-state index in [1.807, 2.05) is 0 Å². The Morgan fingerprint density at radius 3 is 2.64 bits per heavy atom. The number of nitrogens with two attached hydrogens (primary N) is 1. The average Bonchev–Trinajstić information content (AvgIpc) is 2.57. The molecule has 0 aromatic carbocycles. The van der Waals surface area contributed by atoms with E-state index >= 15 is 0 Å². The molecule has 0 bridgehead atoms. The van der Waals surface area contributed by atoms with E-state index in [1.54, 1.807) is 0 Å². The van der Waals surface area contributed by atoms with Gasteiger partial charge in [-0.25, -0.2) is 22.9 Å². The number of halogens is 3. The molecular formula is C16H22F3N5O3S. The van der Waals surface area contributed by atoms with Crippen LogP contribution in [0.1, 0.15) is 32.9 Å². The Hall–Kier alpha value is -2.21.